The third kappa shape index (κ3) is 4.70. The number of hydrogen-bond acceptors (Lipinski definition) is 6. The van der Waals surface area contributed by atoms with Gasteiger partial charge in [-0.1, -0.05) is 23.7 Å². The Kier molecular flexibility index (Phi) is 6.60. The molecule has 3 heterocycles. The molecule has 32 heavy (non-hydrogen) atoms. The van der Waals surface area contributed by atoms with Gasteiger partial charge in [0.1, 0.15) is 0 Å². The Labute approximate surface area is 191 Å². The average Bonchev–Trinajstić information content (AvgIpc) is 3.49. The number of piperidine rings is 1. The van der Waals surface area contributed by atoms with Crippen LogP contribution >= 0.6 is 11.6 Å². The summed E-state index contributed by atoms with van der Waals surface area (Å²) < 4.78 is 11.0. The monoisotopic (exact) mass is 456 g/mol. The van der Waals surface area contributed by atoms with E-state index in [0.717, 1.165) is 0 Å². The minimum Gasteiger partial charge on any atom is -0.459 e. The molecule has 0 N–H and O–H groups in total. The molecule has 0 aliphatic carbocycles. The van der Waals surface area contributed by atoms with Crippen molar-refractivity contribution in [3.8, 4) is 11.5 Å². The van der Waals surface area contributed by atoms with Crippen molar-refractivity contribution in [2.45, 2.75) is 39.3 Å². The largest absolute Gasteiger partial charge is 0.459 e. The lowest BCUT2D eigenvalue weighted by Crippen LogP contribution is -2.46. The molecule has 1 aliphatic heterocycles. The van der Waals surface area contributed by atoms with Gasteiger partial charge >= 0.3 is 0 Å². The molecule has 2 amide bonds. The summed E-state index contributed by atoms with van der Waals surface area (Å²) in [4.78, 5) is 29.2. The van der Waals surface area contributed by atoms with Gasteiger partial charge in [-0.3, -0.25) is 9.59 Å². The minimum absolute atomic E-state index is 0.0302. The Morgan fingerprint density at radius 2 is 1.91 bits per heavy atom. The number of amides is 2. The van der Waals surface area contributed by atoms with Crippen LogP contribution < -0.4 is 0 Å². The zero-order valence-electron chi connectivity index (χ0n) is 18.0. The average molecular weight is 457 g/mol. The van der Waals surface area contributed by atoms with Gasteiger partial charge in [0.15, 0.2) is 5.76 Å². The fourth-order valence-corrected chi connectivity index (χ4v) is 4.06. The fourth-order valence-electron chi connectivity index (χ4n) is 3.84. The second kappa shape index (κ2) is 9.56. The Morgan fingerprint density at radius 3 is 2.56 bits per heavy atom. The standard InChI is InChI=1S/C23H25ClN4O4/c1-15(2)28(14-20-25-26-21(32-20)17-6-3-4-7-18(17)24)22(29)16-9-11-27(12-10-16)23(30)19-8-5-13-31-19/h3-8,13,15-16H,9-12,14H2,1-2H3. The van der Waals surface area contributed by atoms with E-state index in [2.05, 4.69) is 10.2 Å². The SMILES string of the molecule is CC(C)N(Cc1nnc(-c2ccccc2Cl)o1)C(=O)C1CCN(C(=O)c2ccco2)CC1. The molecule has 1 fully saturated rings. The summed E-state index contributed by atoms with van der Waals surface area (Å²) in [5.74, 6) is 0.731. The van der Waals surface area contributed by atoms with E-state index in [4.69, 9.17) is 20.4 Å². The van der Waals surface area contributed by atoms with Crippen molar-refractivity contribution < 1.29 is 18.4 Å². The summed E-state index contributed by atoms with van der Waals surface area (Å²) >= 11 is 6.22. The molecule has 1 aliphatic rings. The van der Waals surface area contributed by atoms with Crippen LogP contribution in [0.4, 0.5) is 0 Å². The fraction of sp³-hybridized carbons (Fsp3) is 0.391. The lowest BCUT2D eigenvalue weighted by atomic mass is 9.94. The van der Waals surface area contributed by atoms with Gasteiger partial charge in [-0.25, -0.2) is 0 Å². The van der Waals surface area contributed by atoms with Crippen molar-refractivity contribution in [3.63, 3.8) is 0 Å². The highest BCUT2D eigenvalue weighted by Crippen LogP contribution is 2.27. The van der Waals surface area contributed by atoms with Crippen molar-refractivity contribution in [2.75, 3.05) is 13.1 Å². The first kappa shape index (κ1) is 22.1. The maximum absolute atomic E-state index is 13.3. The van der Waals surface area contributed by atoms with E-state index < -0.39 is 0 Å². The zero-order chi connectivity index (χ0) is 22.7. The van der Waals surface area contributed by atoms with Gasteiger partial charge in [-0.2, -0.15) is 0 Å². The van der Waals surface area contributed by atoms with Crippen LogP contribution in [-0.2, 0) is 11.3 Å². The van der Waals surface area contributed by atoms with E-state index in [-0.39, 0.29) is 30.3 Å². The summed E-state index contributed by atoms with van der Waals surface area (Å²) in [6.07, 6.45) is 2.69. The molecule has 8 nitrogen and oxygen atoms in total. The molecule has 168 valence electrons. The molecule has 3 aromatic rings. The van der Waals surface area contributed by atoms with Gasteiger partial charge in [0, 0.05) is 25.0 Å². The summed E-state index contributed by atoms with van der Waals surface area (Å²) in [5, 5.41) is 8.73. The maximum Gasteiger partial charge on any atom is 0.289 e. The number of likely N-dealkylation sites (tertiary alicyclic amines) is 1. The van der Waals surface area contributed by atoms with Gasteiger partial charge < -0.3 is 18.6 Å². The van der Waals surface area contributed by atoms with Gasteiger partial charge in [-0.05, 0) is 51.0 Å². The van der Waals surface area contributed by atoms with Crippen LogP contribution in [0.2, 0.25) is 5.02 Å². The molecule has 1 saturated heterocycles. The number of nitrogens with zero attached hydrogens (tertiary/aromatic N) is 4. The third-order valence-corrected chi connectivity index (χ3v) is 5.98. The van der Waals surface area contributed by atoms with Crippen LogP contribution in [0.1, 0.15) is 43.1 Å². The molecule has 9 heteroatoms. The van der Waals surface area contributed by atoms with Crippen molar-refractivity contribution >= 4 is 23.4 Å². The summed E-state index contributed by atoms with van der Waals surface area (Å²) in [6, 6.07) is 10.5. The van der Waals surface area contributed by atoms with E-state index in [9.17, 15) is 9.59 Å². The molecular formula is C23H25ClN4O4. The van der Waals surface area contributed by atoms with Crippen LogP contribution in [0.15, 0.2) is 51.5 Å². The Hall–Kier alpha value is -3.13. The smallest absolute Gasteiger partial charge is 0.289 e. The first-order valence-electron chi connectivity index (χ1n) is 10.6. The molecule has 0 radical (unpaired) electrons. The molecule has 2 aromatic heterocycles. The number of rotatable bonds is 6. The minimum atomic E-state index is -0.163. The molecule has 0 spiro atoms. The third-order valence-electron chi connectivity index (χ3n) is 5.65. The van der Waals surface area contributed by atoms with Crippen LogP contribution in [0.25, 0.3) is 11.5 Å². The van der Waals surface area contributed by atoms with Crippen molar-refractivity contribution in [1.82, 2.24) is 20.0 Å². The van der Waals surface area contributed by atoms with Crippen LogP contribution in [0.5, 0.6) is 0 Å². The van der Waals surface area contributed by atoms with Gasteiger partial charge in [0.25, 0.3) is 5.91 Å². The van der Waals surface area contributed by atoms with E-state index in [1.807, 2.05) is 32.0 Å². The van der Waals surface area contributed by atoms with Gasteiger partial charge in [-0.15, -0.1) is 10.2 Å². The first-order chi connectivity index (χ1) is 15.4. The van der Waals surface area contributed by atoms with Crippen molar-refractivity contribution in [2.24, 2.45) is 5.92 Å². The van der Waals surface area contributed by atoms with Crippen molar-refractivity contribution in [3.05, 3.63) is 59.3 Å². The zero-order valence-corrected chi connectivity index (χ0v) is 18.8. The summed E-state index contributed by atoms with van der Waals surface area (Å²) in [6.45, 7) is 5.16. The molecule has 4 rings (SSSR count). The lowest BCUT2D eigenvalue weighted by Gasteiger charge is -2.35. The lowest BCUT2D eigenvalue weighted by molar-refractivity contribution is -0.139. The predicted octanol–water partition coefficient (Wildman–Crippen LogP) is 4.27. The highest BCUT2D eigenvalue weighted by atomic mass is 35.5. The Balaban J connectivity index is 1.40. The van der Waals surface area contributed by atoms with E-state index >= 15 is 0 Å². The topological polar surface area (TPSA) is 92.7 Å². The number of benzene rings is 1. The number of furan rings is 1. The number of carbonyl (C=O) groups is 2. The second-order valence-electron chi connectivity index (χ2n) is 8.08. The summed E-state index contributed by atoms with van der Waals surface area (Å²) in [7, 11) is 0. The molecule has 0 saturated carbocycles. The van der Waals surface area contributed by atoms with Crippen molar-refractivity contribution in [1.29, 1.82) is 0 Å². The number of hydrogen-bond donors (Lipinski definition) is 0. The maximum atomic E-state index is 13.3. The second-order valence-corrected chi connectivity index (χ2v) is 8.49. The van der Waals surface area contributed by atoms with Gasteiger partial charge in [0.05, 0.1) is 23.4 Å². The number of halogens is 1. The molecule has 1 aromatic carbocycles. The van der Waals surface area contributed by atoms with E-state index in [0.29, 0.717) is 54.1 Å². The number of carbonyl (C=O) groups excluding carboxylic acids is 2. The molecule has 0 bridgehead atoms. The number of aromatic nitrogens is 2. The quantitative estimate of drug-likeness (QED) is 0.549. The normalized spacial score (nSPS) is 14.7. The first-order valence-corrected chi connectivity index (χ1v) is 11.0. The summed E-state index contributed by atoms with van der Waals surface area (Å²) in [5.41, 5.74) is 0.656. The van der Waals surface area contributed by atoms with Gasteiger partial charge in [0.2, 0.25) is 17.7 Å². The molecule has 0 unspecified atom stereocenters. The van der Waals surface area contributed by atoms with Crippen LogP contribution in [-0.4, -0.2) is 50.9 Å². The highest BCUT2D eigenvalue weighted by molar-refractivity contribution is 6.33. The van der Waals surface area contributed by atoms with E-state index in [1.165, 1.54) is 6.26 Å². The Bertz CT molecular complexity index is 1070. The predicted molar refractivity (Wildman–Crippen MR) is 118 cm³/mol. The van der Waals surface area contributed by atoms with Crippen LogP contribution in [0.3, 0.4) is 0 Å². The molecular weight excluding hydrogens is 432 g/mol. The highest BCUT2D eigenvalue weighted by Gasteiger charge is 2.32. The van der Waals surface area contributed by atoms with E-state index in [1.54, 1.807) is 28.0 Å². The van der Waals surface area contributed by atoms with Crippen LogP contribution in [0, 0.1) is 5.92 Å². The molecule has 0 atom stereocenters. The Morgan fingerprint density at radius 1 is 1.16 bits per heavy atom.